The molecule has 1 aromatic heterocycles. The van der Waals surface area contributed by atoms with Gasteiger partial charge in [0.1, 0.15) is 5.75 Å². The lowest BCUT2D eigenvalue weighted by molar-refractivity contribution is 0.242. The maximum Gasteiger partial charge on any atom is 0.229 e. The lowest BCUT2D eigenvalue weighted by Gasteiger charge is -2.12. The highest BCUT2D eigenvalue weighted by Crippen LogP contribution is 2.20. The van der Waals surface area contributed by atoms with E-state index in [-0.39, 0.29) is 6.10 Å². The first-order chi connectivity index (χ1) is 9.72. The Kier molecular flexibility index (Phi) is 3.37. The highest BCUT2D eigenvalue weighted by molar-refractivity contribution is 5.76. The molecule has 0 unspecified atom stereocenters. The molecule has 0 amide bonds. The highest BCUT2D eigenvalue weighted by Gasteiger charge is 2.12. The van der Waals surface area contributed by atoms with Gasteiger partial charge < -0.3 is 10.1 Å². The summed E-state index contributed by atoms with van der Waals surface area (Å²) in [5, 5.41) is 11.5. The van der Waals surface area contributed by atoms with E-state index in [4.69, 9.17) is 4.74 Å². The summed E-state index contributed by atoms with van der Waals surface area (Å²) in [5.41, 5.74) is 0.957. The van der Waals surface area contributed by atoms with Gasteiger partial charge in [0, 0.05) is 12.2 Å². The summed E-state index contributed by atoms with van der Waals surface area (Å²) in [6.07, 6.45) is 1.93. The Balaban J connectivity index is 1.75. The van der Waals surface area contributed by atoms with Crippen LogP contribution in [0.2, 0.25) is 0 Å². The molecule has 1 aromatic carbocycles. The van der Waals surface area contributed by atoms with Crippen LogP contribution in [-0.2, 0) is 6.54 Å². The van der Waals surface area contributed by atoms with Crippen LogP contribution in [0.4, 0.5) is 11.6 Å². The van der Waals surface area contributed by atoms with Gasteiger partial charge in [0.2, 0.25) is 5.95 Å². The molecule has 0 radical (unpaired) electrons. The molecule has 1 aliphatic rings. The van der Waals surface area contributed by atoms with E-state index in [0.29, 0.717) is 0 Å². The van der Waals surface area contributed by atoms with Crippen molar-refractivity contribution in [2.24, 2.45) is 4.99 Å². The average molecular weight is 271 g/mol. The van der Waals surface area contributed by atoms with Crippen molar-refractivity contribution >= 4 is 17.9 Å². The molecular weight excluding hydrogens is 254 g/mol. The van der Waals surface area contributed by atoms with E-state index in [1.54, 1.807) is 6.21 Å². The molecular formula is C14H17N5O. The van der Waals surface area contributed by atoms with E-state index in [1.165, 1.54) is 0 Å². The van der Waals surface area contributed by atoms with E-state index in [1.807, 2.05) is 42.7 Å². The number of hydrogen-bond acceptors (Lipinski definition) is 5. The highest BCUT2D eigenvalue weighted by atomic mass is 16.5. The van der Waals surface area contributed by atoms with Gasteiger partial charge in [0.05, 0.1) is 18.9 Å². The Bertz CT molecular complexity index is 615. The number of nitrogens with zero attached hydrogens (tertiary/aromatic N) is 4. The Morgan fingerprint density at radius 1 is 1.20 bits per heavy atom. The molecule has 1 aliphatic heterocycles. The number of aliphatic imine (C=N–C) groups is 1. The van der Waals surface area contributed by atoms with E-state index < -0.39 is 0 Å². The number of fused-ring (bicyclic) bond motifs is 1. The summed E-state index contributed by atoms with van der Waals surface area (Å²) in [5.74, 6) is 2.39. The molecule has 0 saturated heterocycles. The maximum atomic E-state index is 5.62. The third-order valence-electron chi connectivity index (χ3n) is 2.92. The van der Waals surface area contributed by atoms with Crippen LogP contribution in [0.25, 0.3) is 0 Å². The summed E-state index contributed by atoms with van der Waals surface area (Å²) in [4.78, 5) is 4.19. The zero-order chi connectivity index (χ0) is 13.9. The standard InChI is InChI=1S/C14H17N5O/c1-10(2)20-12-5-3-11(4-6-12)16-14-18-17-13-9-15-7-8-19(13)14/h3-6,9-10H,7-8H2,1-2H3,(H,16,18). The van der Waals surface area contributed by atoms with E-state index in [9.17, 15) is 0 Å². The molecule has 0 saturated carbocycles. The van der Waals surface area contributed by atoms with Crippen LogP contribution in [-0.4, -0.2) is 33.6 Å². The van der Waals surface area contributed by atoms with Gasteiger partial charge in [-0.15, -0.1) is 10.2 Å². The number of nitrogens with one attached hydrogen (secondary N) is 1. The fourth-order valence-electron chi connectivity index (χ4n) is 2.05. The zero-order valence-electron chi connectivity index (χ0n) is 11.6. The van der Waals surface area contributed by atoms with Crippen LogP contribution in [0.1, 0.15) is 19.7 Å². The van der Waals surface area contributed by atoms with Crippen molar-refractivity contribution in [3.8, 4) is 5.75 Å². The topological polar surface area (TPSA) is 64.3 Å². The molecule has 6 heteroatoms. The second kappa shape index (κ2) is 5.32. The molecule has 0 fully saturated rings. The molecule has 2 heterocycles. The predicted molar refractivity (Wildman–Crippen MR) is 78.0 cm³/mol. The van der Waals surface area contributed by atoms with Gasteiger partial charge in [-0.2, -0.15) is 0 Å². The largest absolute Gasteiger partial charge is 0.491 e. The first-order valence-corrected chi connectivity index (χ1v) is 6.69. The predicted octanol–water partition coefficient (Wildman–Crippen LogP) is 2.24. The second-order valence-electron chi connectivity index (χ2n) is 4.88. The Morgan fingerprint density at radius 2 is 2.00 bits per heavy atom. The third-order valence-corrected chi connectivity index (χ3v) is 2.92. The first kappa shape index (κ1) is 12.7. The van der Waals surface area contributed by atoms with Crippen molar-refractivity contribution in [3.63, 3.8) is 0 Å². The van der Waals surface area contributed by atoms with Gasteiger partial charge in [-0.3, -0.25) is 9.56 Å². The van der Waals surface area contributed by atoms with Crippen LogP contribution >= 0.6 is 0 Å². The lowest BCUT2D eigenvalue weighted by atomic mass is 10.3. The Morgan fingerprint density at radius 3 is 2.75 bits per heavy atom. The Hall–Kier alpha value is -2.37. The second-order valence-corrected chi connectivity index (χ2v) is 4.88. The van der Waals surface area contributed by atoms with Crippen molar-refractivity contribution in [3.05, 3.63) is 30.1 Å². The number of benzene rings is 1. The summed E-state index contributed by atoms with van der Waals surface area (Å²) in [7, 11) is 0. The van der Waals surface area contributed by atoms with Gasteiger partial charge in [0.15, 0.2) is 5.82 Å². The van der Waals surface area contributed by atoms with E-state index >= 15 is 0 Å². The lowest BCUT2D eigenvalue weighted by Crippen LogP contribution is -2.13. The van der Waals surface area contributed by atoms with Gasteiger partial charge in [-0.25, -0.2) is 0 Å². The number of aromatic nitrogens is 3. The smallest absolute Gasteiger partial charge is 0.229 e. The monoisotopic (exact) mass is 271 g/mol. The molecule has 0 bridgehead atoms. The van der Waals surface area contributed by atoms with Crippen molar-refractivity contribution < 1.29 is 4.74 Å². The summed E-state index contributed by atoms with van der Waals surface area (Å²) in [6.45, 7) is 5.59. The normalized spacial score (nSPS) is 13.3. The molecule has 20 heavy (non-hydrogen) atoms. The number of rotatable bonds is 4. The first-order valence-electron chi connectivity index (χ1n) is 6.69. The zero-order valence-corrected chi connectivity index (χ0v) is 11.6. The Labute approximate surface area is 117 Å². The summed E-state index contributed by atoms with van der Waals surface area (Å²) < 4.78 is 7.64. The molecule has 0 atom stereocenters. The maximum absolute atomic E-state index is 5.62. The van der Waals surface area contributed by atoms with Crippen LogP contribution in [0.15, 0.2) is 29.3 Å². The van der Waals surface area contributed by atoms with Crippen molar-refractivity contribution in [1.29, 1.82) is 0 Å². The fourth-order valence-corrected chi connectivity index (χ4v) is 2.05. The van der Waals surface area contributed by atoms with Crippen LogP contribution in [0, 0.1) is 0 Å². The van der Waals surface area contributed by atoms with E-state index in [2.05, 4.69) is 20.5 Å². The average Bonchev–Trinajstić information content (AvgIpc) is 2.84. The van der Waals surface area contributed by atoms with Gasteiger partial charge in [-0.05, 0) is 38.1 Å². The molecule has 2 aromatic rings. The fraction of sp³-hybridized carbons (Fsp3) is 0.357. The van der Waals surface area contributed by atoms with Crippen LogP contribution in [0.3, 0.4) is 0 Å². The summed E-state index contributed by atoms with van der Waals surface area (Å²) >= 11 is 0. The molecule has 0 spiro atoms. The van der Waals surface area contributed by atoms with E-state index in [0.717, 1.165) is 36.3 Å². The van der Waals surface area contributed by atoms with Crippen molar-refractivity contribution in [2.75, 3.05) is 11.9 Å². The van der Waals surface area contributed by atoms with Gasteiger partial charge in [0.25, 0.3) is 0 Å². The van der Waals surface area contributed by atoms with Crippen LogP contribution < -0.4 is 10.1 Å². The molecule has 6 nitrogen and oxygen atoms in total. The molecule has 1 N–H and O–H groups in total. The minimum Gasteiger partial charge on any atom is -0.491 e. The van der Waals surface area contributed by atoms with Crippen molar-refractivity contribution in [2.45, 2.75) is 26.5 Å². The number of anilines is 2. The summed E-state index contributed by atoms with van der Waals surface area (Å²) in [6, 6.07) is 7.82. The number of hydrogen-bond donors (Lipinski definition) is 1. The molecule has 0 aliphatic carbocycles. The van der Waals surface area contributed by atoms with Gasteiger partial charge in [-0.1, -0.05) is 0 Å². The molecule has 104 valence electrons. The minimum atomic E-state index is 0.177. The van der Waals surface area contributed by atoms with Crippen molar-refractivity contribution in [1.82, 2.24) is 14.8 Å². The minimum absolute atomic E-state index is 0.177. The quantitative estimate of drug-likeness (QED) is 0.926. The third kappa shape index (κ3) is 2.64. The van der Waals surface area contributed by atoms with Crippen LogP contribution in [0.5, 0.6) is 5.75 Å². The SMILES string of the molecule is CC(C)Oc1ccc(Nc2nnc3n2CCN=C3)cc1. The van der Waals surface area contributed by atoms with Gasteiger partial charge >= 0.3 is 0 Å². The molecule has 3 rings (SSSR count). The number of ether oxygens (including phenoxy) is 1.